The molecule has 0 aliphatic heterocycles. The van der Waals surface area contributed by atoms with Crippen molar-refractivity contribution in [1.29, 1.82) is 5.26 Å². The van der Waals surface area contributed by atoms with Crippen LogP contribution in [-0.2, 0) is 0 Å². The summed E-state index contributed by atoms with van der Waals surface area (Å²) in [5.74, 6) is 0. The average Bonchev–Trinajstić information content (AvgIpc) is 3.19. The summed E-state index contributed by atoms with van der Waals surface area (Å²) in [4.78, 5) is 16.9. The monoisotopic (exact) mass is 477 g/mol. The Hall–Kier alpha value is -3.21. The summed E-state index contributed by atoms with van der Waals surface area (Å²) < 4.78 is 6.31. The molecule has 0 fully saturated rings. The molecule has 0 aliphatic rings. The van der Waals surface area contributed by atoms with E-state index in [4.69, 9.17) is 4.42 Å². The van der Waals surface area contributed by atoms with Crippen molar-refractivity contribution < 1.29 is 4.42 Å². The molecule has 0 saturated carbocycles. The number of halogens is 1. The van der Waals surface area contributed by atoms with E-state index < -0.39 is 5.63 Å². The van der Waals surface area contributed by atoms with Gasteiger partial charge >= 0.3 is 5.63 Å². The molecule has 4 rings (SSSR count). The number of thiazole rings is 1. The third-order valence-electron chi connectivity index (χ3n) is 4.58. The first-order valence-corrected chi connectivity index (χ1v) is 10.8. The second-order valence-corrected chi connectivity index (χ2v) is 8.57. The van der Waals surface area contributed by atoms with E-state index >= 15 is 0 Å². The summed E-state index contributed by atoms with van der Waals surface area (Å²) in [7, 11) is 0. The van der Waals surface area contributed by atoms with Gasteiger partial charge in [0, 0.05) is 27.1 Å². The lowest BCUT2D eigenvalue weighted by atomic mass is 10.1. The van der Waals surface area contributed by atoms with E-state index in [-0.39, 0.29) is 0 Å². The Bertz CT molecular complexity index is 1400. The van der Waals surface area contributed by atoms with E-state index in [1.807, 2.05) is 38.1 Å². The van der Waals surface area contributed by atoms with Gasteiger partial charge in [-0.2, -0.15) is 5.26 Å². The molecule has 0 spiro atoms. The van der Waals surface area contributed by atoms with Crippen LogP contribution >= 0.6 is 27.3 Å². The normalized spacial score (nSPS) is 11.5. The maximum absolute atomic E-state index is 12.4. The molecule has 0 bridgehead atoms. The highest BCUT2D eigenvalue weighted by Gasteiger charge is 2.14. The van der Waals surface area contributed by atoms with Gasteiger partial charge in [0.1, 0.15) is 22.2 Å². The predicted octanol–water partition coefficient (Wildman–Crippen LogP) is 6.27. The van der Waals surface area contributed by atoms with Crippen LogP contribution < -0.4 is 10.9 Å². The number of nitrogens with zero attached hydrogens (tertiary/aromatic N) is 2. The molecule has 0 radical (unpaired) electrons. The molecule has 2 aromatic carbocycles. The molecule has 0 aliphatic carbocycles. The largest absolute Gasteiger partial charge is 0.422 e. The molecule has 0 atom stereocenters. The number of aromatic nitrogens is 1. The van der Waals surface area contributed by atoms with Gasteiger partial charge in [0.15, 0.2) is 0 Å². The van der Waals surface area contributed by atoms with Gasteiger partial charge in [0.25, 0.3) is 0 Å². The van der Waals surface area contributed by atoms with E-state index in [1.165, 1.54) is 16.9 Å². The molecule has 148 valence electrons. The van der Waals surface area contributed by atoms with E-state index in [0.29, 0.717) is 27.4 Å². The van der Waals surface area contributed by atoms with Gasteiger partial charge in [-0.25, -0.2) is 9.78 Å². The minimum atomic E-state index is -0.461. The summed E-state index contributed by atoms with van der Waals surface area (Å²) in [5, 5.41) is 15.9. The highest BCUT2D eigenvalue weighted by atomic mass is 79.9. The number of aryl methyl sites for hydroxylation is 2. The molecular formula is C23H16BrN3O2S. The highest BCUT2D eigenvalue weighted by molar-refractivity contribution is 9.10. The first-order valence-electron chi connectivity index (χ1n) is 9.08. The maximum Gasteiger partial charge on any atom is 0.345 e. The Kier molecular flexibility index (Phi) is 5.53. The van der Waals surface area contributed by atoms with Crippen molar-refractivity contribution in [3.63, 3.8) is 0 Å². The third-order valence-corrected chi connectivity index (χ3v) is 5.95. The molecule has 5 nitrogen and oxygen atoms in total. The number of rotatable bonds is 4. The van der Waals surface area contributed by atoms with Crippen LogP contribution in [0.1, 0.15) is 16.1 Å². The van der Waals surface area contributed by atoms with Crippen LogP contribution in [0.25, 0.3) is 27.8 Å². The van der Waals surface area contributed by atoms with Gasteiger partial charge < -0.3 is 9.73 Å². The number of benzene rings is 2. The number of allylic oxidation sites excluding steroid dienone is 1. The Morgan fingerprint density at radius 3 is 2.83 bits per heavy atom. The molecule has 0 unspecified atom stereocenters. The van der Waals surface area contributed by atoms with Crippen LogP contribution in [0, 0.1) is 25.2 Å². The highest BCUT2D eigenvalue weighted by Crippen LogP contribution is 2.27. The lowest BCUT2D eigenvalue weighted by Crippen LogP contribution is -2.03. The summed E-state index contributed by atoms with van der Waals surface area (Å²) >= 11 is 4.73. The number of fused-ring (bicyclic) bond motifs is 1. The minimum absolute atomic E-state index is 0.364. The molecule has 7 heteroatoms. The summed E-state index contributed by atoms with van der Waals surface area (Å²) in [6.45, 7) is 4.04. The first-order chi connectivity index (χ1) is 14.4. The Labute approximate surface area is 185 Å². The zero-order chi connectivity index (χ0) is 21.3. The van der Waals surface area contributed by atoms with Gasteiger partial charge in [-0.05, 0) is 49.7 Å². The van der Waals surface area contributed by atoms with Crippen LogP contribution in [0.2, 0.25) is 0 Å². The van der Waals surface area contributed by atoms with Gasteiger partial charge in [0.2, 0.25) is 0 Å². The fourth-order valence-corrected chi connectivity index (χ4v) is 4.23. The van der Waals surface area contributed by atoms with Gasteiger partial charge in [-0.1, -0.05) is 33.6 Å². The van der Waals surface area contributed by atoms with Crippen LogP contribution in [0.4, 0.5) is 5.69 Å². The molecular weight excluding hydrogens is 462 g/mol. The van der Waals surface area contributed by atoms with Crippen molar-refractivity contribution in [3.8, 4) is 17.3 Å². The van der Waals surface area contributed by atoms with Crippen LogP contribution in [-0.4, -0.2) is 4.98 Å². The Morgan fingerprint density at radius 2 is 2.07 bits per heavy atom. The Balaban J connectivity index is 1.67. The van der Waals surface area contributed by atoms with Crippen molar-refractivity contribution >= 4 is 49.5 Å². The zero-order valence-electron chi connectivity index (χ0n) is 16.2. The lowest BCUT2D eigenvalue weighted by Gasteiger charge is -2.06. The van der Waals surface area contributed by atoms with Crippen molar-refractivity contribution in [2.75, 3.05) is 5.32 Å². The summed E-state index contributed by atoms with van der Waals surface area (Å²) in [6, 6.07) is 15.4. The van der Waals surface area contributed by atoms with Gasteiger partial charge in [-0.15, -0.1) is 11.3 Å². The maximum atomic E-state index is 12.4. The number of hydrogen-bond donors (Lipinski definition) is 1. The fraction of sp³-hybridized carbons (Fsp3) is 0.0870. The third kappa shape index (κ3) is 4.06. The molecule has 2 heterocycles. The Morgan fingerprint density at radius 1 is 1.23 bits per heavy atom. The van der Waals surface area contributed by atoms with Crippen molar-refractivity contribution in [2.45, 2.75) is 13.8 Å². The van der Waals surface area contributed by atoms with Crippen LogP contribution in [0.3, 0.4) is 0 Å². The minimum Gasteiger partial charge on any atom is -0.422 e. The quantitative estimate of drug-likeness (QED) is 0.276. The molecule has 1 N–H and O–H groups in total. The number of anilines is 1. The molecule has 2 aromatic heterocycles. The van der Waals surface area contributed by atoms with E-state index in [1.54, 1.807) is 23.7 Å². The number of nitriles is 1. The average molecular weight is 478 g/mol. The second kappa shape index (κ2) is 8.27. The predicted molar refractivity (Wildman–Crippen MR) is 124 cm³/mol. The van der Waals surface area contributed by atoms with Crippen LogP contribution in [0.15, 0.2) is 67.7 Å². The zero-order valence-corrected chi connectivity index (χ0v) is 18.6. The fourth-order valence-electron chi connectivity index (χ4n) is 3.06. The van der Waals surface area contributed by atoms with E-state index in [2.05, 4.69) is 38.4 Å². The van der Waals surface area contributed by atoms with Gasteiger partial charge in [0.05, 0.1) is 11.3 Å². The smallest absolute Gasteiger partial charge is 0.345 e. The summed E-state index contributed by atoms with van der Waals surface area (Å²) in [6.07, 6.45) is 1.64. The lowest BCUT2D eigenvalue weighted by molar-refractivity contribution is 0.563. The van der Waals surface area contributed by atoms with Crippen molar-refractivity contribution in [2.24, 2.45) is 0 Å². The van der Waals surface area contributed by atoms with Crippen LogP contribution in [0.5, 0.6) is 0 Å². The topological polar surface area (TPSA) is 78.9 Å². The number of hydrogen-bond acceptors (Lipinski definition) is 6. The van der Waals surface area contributed by atoms with E-state index in [0.717, 1.165) is 21.1 Å². The molecule has 4 aromatic rings. The second-order valence-electron chi connectivity index (χ2n) is 6.80. The molecule has 30 heavy (non-hydrogen) atoms. The molecule has 0 amide bonds. The van der Waals surface area contributed by atoms with E-state index in [9.17, 15) is 10.1 Å². The van der Waals surface area contributed by atoms with Gasteiger partial charge in [-0.3, -0.25) is 0 Å². The number of nitrogens with one attached hydrogen (secondary N) is 1. The summed E-state index contributed by atoms with van der Waals surface area (Å²) in [5.41, 5.74) is 4.47. The SMILES string of the molecule is Cc1ccc(NC=C(C#N)c2nc(-c3cc4cc(Br)ccc4oc3=O)cs2)c(C)c1. The standard InChI is InChI=1S/C23H16BrN3O2S/c1-13-3-5-19(14(2)7-13)26-11-16(10-25)22-27-20(12-30-22)18-9-15-8-17(24)4-6-21(15)29-23(18)28/h3-9,11-12,26H,1-2H3. The first kappa shape index (κ1) is 20.1. The van der Waals surface area contributed by atoms with Crippen molar-refractivity contribution in [3.05, 3.63) is 85.1 Å². The molecule has 0 saturated heterocycles. The van der Waals surface area contributed by atoms with Crippen molar-refractivity contribution in [1.82, 2.24) is 4.98 Å².